The van der Waals surface area contributed by atoms with Gasteiger partial charge in [-0.1, -0.05) is 23.7 Å². The molecule has 4 rings (SSSR count). The minimum absolute atomic E-state index is 0.00366. The number of amides is 1. The molecule has 2 aromatic carbocycles. The number of fused-ring (bicyclic) bond motifs is 1. The van der Waals surface area contributed by atoms with E-state index in [2.05, 4.69) is 0 Å². The minimum atomic E-state index is -1.21. The fraction of sp³-hybridized carbons (Fsp3) is 0.350. The van der Waals surface area contributed by atoms with E-state index in [0.717, 1.165) is 11.1 Å². The van der Waals surface area contributed by atoms with Crippen LogP contribution in [0.3, 0.4) is 0 Å². The quantitative estimate of drug-likeness (QED) is 0.665. The van der Waals surface area contributed by atoms with E-state index in [1.807, 2.05) is 30.3 Å². The van der Waals surface area contributed by atoms with Crippen LogP contribution in [0.2, 0.25) is 5.02 Å². The van der Waals surface area contributed by atoms with Crippen LogP contribution in [0.1, 0.15) is 15.9 Å². The van der Waals surface area contributed by atoms with Crippen LogP contribution in [0.4, 0.5) is 0 Å². The van der Waals surface area contributed by atoms with Gasteiger partial charge in [0.05, 0.1) is 18.2 Å². The highest BCUT2D eigenvalue weighted by Crippen LogP contribution is 2.44. The molecule has 1 saturated heterocycles. The molecule has 2 aromatic rings. The fourth-order valence-corrected chi connectivity index (χ4v) is 3.88. The summed E-state index contributed by atoms with van der Waals surface area (Å²) in [5, 5.41) is 0.428. The molecule has 1 unspecified atom stereocenters. The van der Waals surface area contributed by atoms with Gasteiger partial charge < -0.3 is 31.6 Å². The summed E-state index contributed by atoms with van der Waals surface area (Å²) in [5.74, 6) is 0.480. The number of nitrogens with zero attached hydrogens (tertiary/aromatic N) is 1. The molecule has 1 amide bonds. The first-order chi connectivity index (χ1) is 13.4. The van der Waals surface area contributed by atoms with E-state index < -0.39 is 11.8 Å². The molecule has 148 valence electrons. The third kappa shape index (κ3) is 3.25. The SMILES string of the molecule is NCC1Oc2c(Cl)cc(-c3ccc(C(=O)N4CCOCC4)cc3)cc2C1(N)N. The monoisotopic (exact) mass is 402 g/mol. The summed E-state index contributed by atoms with van der Waals surface area (Å²) in [5.41, 5.74) is 20.0. The van der Waals surface area contributed by atoms with Crippen LogP contribution in [0.25, 0.3) is 11.1 Å². The number of rotatable bonds is 3. The number of hydrogen-bond donors (Lipinski definition) is 3. The molecule has 1 fully saturated rings. The minimum Gasteiger partial charge on any atom is -0.483 e. The molecule has 2 heterocycles. The van der Waals surface area contributed by atoms with Crippen molar-refractivity contribution in [3.05, 3.63) is 52.5 Å². The summed E-state index contributed by atoms with van der Waals surface area (Å²) in [4.78, 5) is 14.4. The lowest BCUT2D eigenvalue weighted by Crippen LogP contribution is -2.56. The van der Waals surface area contributed by atoms with Crippen molar-refractivity contribution in [2.45, 2.75) is 11.8 Å². The van der Waals surface area contributed by atoms with Gasteiger partial charge in [-0.2, -0.15) is 0 Å². The summed E-state index contributed by atoms with van der Waals surface area (Å²) in [7, 11) is 0. The maximum absolute atomic E-state index is 12.6. The van der Waals surface area contributed by atoms with E-state index in [-0.39, 0.29) is 12.5 Å². The lowest BCUT2D eigenvalue weighted by molar-refractivity contribution is 0.0303. The van der Waals surface area contributed by atoms with Crippen LogP contribution in [0.5, 0.6) is 5.75 Å². The van der Waals surface area contributed by atoms with E-state index in [1.165, 1.54) is 0 Å². The molecule has 6 N–H and O–H groups in total. The third-order valence-corrected chi connectivity index (χ3v) is 5.56. The zero-order chi connectivity index (χ0) is 19.9. The Morgan fingerprint density at radius 3 is 2.46 bits per heavy atom. The van der Waals surface area contributed by atoms with Gasteiger partial charge in [-0.05, 0) is 35.4 Å². The van der Waals surface area contributed by atoms with E-state index in [0.29, 0.717) is 48.2 Å². The summed E-state index contributed by atoms with van der Waals surface area (Å²) >= 11 is 6.41. The summed E-state index contributed by atoms with van der Waals surface area (Å²) < 4.78 is 11.0. The average molecular weight is 403 g/mol. The van der Waals surface area contributed by atoms with Gasteiger partial charge in [0, 0.05) is 30.8 Å². The zero-order valence-corrected chi connectivity index (χ0v) is 16.1. The number of ether oxygens (including phenoxy) is 2. The zero-order valence-electron chi connectivity index (χ0n) is 15.4. The van der Waals surface area contributed by atoms with Gasteiger partial charge >= 0.3 is 0 Å². The molecule has 0 saturated carbocycles. The van der Waals surface area contributed by atoms with Crippen molar-refractivity contribution in [2.75, 3.05) is 32.8 Å². The van der Waals surface area contributed by atoms with Gasteiger partial charge in [0.25, 0.3) is 5.91 Å². The van der Waals surface area contributed by atoms with Crippen molar-refractivity contribution in [1.29, 1.82) is 0 Å². The van der Waals surface area contributed by atoms with Gasteiger partial charge in [0.2, 0.25) is 0 Å². The van der Waals surface area contributed by atoms with Crippen LogP contribution in [0.15, 0.2) is 36.4 Å². The Balaban J connectivity index is 1.62. The third-order valence-electron chi connectivity index (χ3n) is 5.28. The molecule has 2 aliphatic heterocycles. The molecule has 8 heteroatoms. The molecule has 28 heavy (non-hydrogen) atoms. The Kier molecular flexibility index (Phi) is 5.03. The first-order valence-electron chi connectivity index (χ1n) is 9.17. The van der Waals surface area contributed by atoms with Crippen LogP contribution in [-0.4, -0.2) is 49.8 Å². The average Bonchev–Trinajstić information content (AvgIpc) is 2.99. The van der Waals surface area contributed by atoms with Crippen LogP contribution in [0, 0.1) is 0 Å². The molecular weight excluding hydrogens is 380 g/mol. The number of halogens is 1. The van der Waals surface area contributed by atoms with E-state index in [1.54, 1.807) is 11.0 Å². The van der Waals surface area contributed by atoms with E-state index in [9.17, 15) is 4.79 Å². The van der Waals surface area contributed by atoms with Crippen molar-refractivity contribution < 1.29 is 14.3 Å². The van der Waals surface area contributed by atoms with Crippen LogP contribution in [-0.2, 0) is 10.4 Å². The normalized spacial score (nSPS) is 20.6. The molecular formula is C20H23ClN4O3. The fourth-order valence-electron chi connectivity index (χ4n) is 3.61. The van der Waals surface area contributed by atoms with Crippen molar-refractivity contribution >= 4 is 17.5 Å². The van der Waals surface area contributed by atoms with Crippen molar-refractivity contribution in [2.24, 2.45) is 17.2 Å². The Hall–Kier alpha value is -2.16. The Morgan fingerprint density at radius 1 is 1.14 bits per heavy atom. The van der Waals surface area contributed by atoms with Gasteiger partial charge in [0.1, 0.15) is 17.5 Å². The second-order valence-electron chi connectivity index (χ2n) is 7.09. The van der Waals surface area contributed by atoms with Crippen LogP contribution < -0.4 is 21.9 Å². The van der Waals surface area contributed by atoms with Crippen molar-refractivity contribution in [3.63, 3.8) is 0 Å². The predicted molar refractivity (Wildman–Crippen MR) is 107 cm³/mol. The molecule has 0 spiro atoms. The Labute approximate surface area is 168 Å². The van der Waals surface area contributed by atoms with Gasteiger partial charge in [-0.15, -0.1) is 0 Å². The summed E-state index contributed by atoms with van der Waals surface area (Å²) in [6.45, 7) is 2.55. The number of morpholine rings is 1. The molecule has 2 aliphatic rings. The maximum Gasteiger partial charge on any atom is 0.254 e. The molecule has 7 nitrogen and oxygen atoms in total. The lowest BCUT2D eigenvalue weighted by Gasteiger charge is -2.26. The second kappa shape index (κ2) is 7.35. The van der Waals surface area contributed by atoms with E-state index >= 15 is 0 Å². The smallest absolute Gasteiger partial charge is 0.254 e. The van der Waals surface area contributed by atoms with Crippen molar-refractivity contribution in [3.8, 4) is 16.9 Å². The standard InChI is InChI=1S/C20H23ClN4O3/c21-16-10-14(9-15-18(16)28-17(11-22)20(15,23)24)12-1-3-13(4-2-12)19(26)25-5-7-27-8-6-25/h1-4,9-10,17H,5-8,11,22-24H2. The van der Waals surface area contributed by atoms with Gasteiger partial charge in [-0.25, -0.2) is 0 Å². The summed E-state index contributed by atoms with van der Waals surface area (Å²) in [6.07, 6.45) is -0.538. The van der Waals surface area contributed by atoms with Gasteiger partial charge in [-0.3, -0.25) is 4.79 Å². The first-order valence-corrected chi connectivity index (χ1v) is 9.55. The molecule has 0 bridgehead atoms. The Bertz CT molecular complexity index is 895. The second-order valence-corrected chi connectivity index (χ2v) is 7.50. The highest BCUT2D eigenvalue weighted by atomic mass is 35.5. The molecule has 0 aromatic heterocycles. The summed E-state index contributed by atoms with van der Waals surface area (Å²) in [6, 6.07) is 11.1. The number of carbonyl (C=O) groups excluding carboxylic acids is 1. The Morgan fingerprint density at radius 2 is 1.82 bits per heavy atom. The highest BCUT2D eigenvalue weighted by molar-refractivity contribution is 6.32. The number of benzene rings is 2. The van der Waals surface area contributed by atoms with Gasteiger partial charge in [0.15, 0.2) is 0 Å². The number of carbonyl (C=O) groups is 1. The van der Waals surface area contributed by atoms with Crippen molar-refractivity contribution in [1.82, 2.24) is 4.90 Å². The van der Waals surface area contributed by atoms with E-state index in [4.69, 9.17) is 38.3 Å². The topological polar surface area (TPSA) is 117 Å². The molecule has 0 aliphatic carbocycles. The molecule has 0 radical (unpaired) electrons. The number of nitrogens with two attached hydrogens (primary N) is 3. The first kappa shape index (κ1) is 19.2. The highest BCUT2D eigenvalue weighted by Gasteiger charge is 2.43. The predicted octanol–water partition coefficient (Wildman–Crippen LogP) is 1.27. The lowest BCUT2D eigenvalue weighted by atomic mass is 9.93. The van der Waals surface area contributed by atoms with Crippen LogP contribution >= 0.6 is 11.6 Å². The largest absolute Gasteiger partial charge is 0.483 e. The molecule has 1 atom stereocenters. The maximum atomic E-state index is 12.6. The number of hydrogen-bond acceptors (Lipinski definition) is 6.